The molecule has 1 amide bonds. The molecule has 1 aliphatic heterocycles. The van der Waals surface area contributed by atoms with Crippen molar-refractivity contribution in [3.8, 4) is 0 Å². The summed E-state index contributed by atoms with van der Waals surface area (Å²) in [6, 6.07) is 11.5. The summed E-state index contributed by atoms with van der Waals surface area (Å²) in [6.07, 6.45) is 3.75. The molecule has 0 saturated heterocycles. The van der Waals surface area contributed by atoms with Crippen LogP contribution in [0.5, 0.6) is 0 Å². The van der Waals surface area contributed by atoms with Crippen molar-refractivity contribution in [2.45, 2.75) is 19.4 Å². The predicted octanol–water partition coefficient (Wildman–Crippen LogP) is 2.37. The normalized spacial score (nSPS) is 13.2. The first-order valence-electron chi connectivity index (χ1n) is 6.88. The molecule has 1 aliphatic rings. The molecule has 3 rings (SSSR count). The first kappa shape index (κ1) is 12.7. The van der Waals surface area contributed by atoms with Gasteiger partial charge in [-0.1, -0.05) is 12.1 Å². The Labute approximate surface area is 118 Å². The number of fused-ring (bicyclic) bond motifs is 1. The van der Waals surface area contributed by atoms with Crippen LogP contribution in [0.3, 0.4) is 0 Å². The van der Waals surface area contributed by atoms with Crippen molar-refractivity contribution in [2.24, 2.45) is 0 Å². The fourth-order valence-electron chi connectivity index (χ4n) is 2.49. The smallest absolute Gasteiger partial charge is 0.251 e. The highest BCUT2D eigenvalue weighted by Gasteiger charge is 2.16. The molecule has 0 unspecified atom stereocenters. The molecule has 4 heteroatoms. The number of benzene rings is 1. The van der Waals surface area contributed by atoms with Crippen molar-refractivity contribution in [2.75, 3.05) is 11.9 Å². The highest BCUT2D eigenvalue weighted by molar-refractivity contribution is 5.97. The summed E-state index contributed by atoms with van der Waals surface area (Å²) in [4.78, 5) is 16.5. The lowest BCUT2D eigenvalue weighted by Crippen LogP contribution is -2.26. The van der Waals surface area contributed by atoms with Gasteiger partial charge in [-0.15, -0.1) is 0 Å². The minimum atomic E-state index is -0.0313. The summed E-state index contributed by atoms with van der Waals surface area (Å²) in [5, 5.41) is 6.28. The van der Waals surface area contributed by atoms with Gasteiger partial charge in [-0.3, -0.25) is 9.78 Å². The van der Waals surface area contributed by atoms with Crippen molar-refractivity contribution >= 4 is 11.6 Å². The maximum absolute atomic E-state index is 12.3. The van der Waals surface area contributed by atoms with E-state index in [9.17, 15) is 4.79 Å². The molecule has 0 aliphatic carbocycles. The number of rotatable bonds is 3. The molecule has 0 atom stereocenters. The Hall–Kier alpha value is -2.36. The fraction of sp³-hybridized carbons (Fsp3) is 0.250. The molecule has 2 heterocycles. The molecule has 1 aromatic heterocycles. The van der Waals surface area contributed by atoms with Gasteiger partial charge in [0.2, 0.25) is 0 Å². The van der Waals surface area contributed by atoms with E-state index in [4.69, 9.17) is 0 Å². The maximum atomic E-state index is 12.3. The summed E-state index contributed by atoms with van der Waals surface area (Å²) in [5.41, 5.74) is 3.84. The maximum Gasteiger partial charge on any atom is 0.251 e. The Morgan fingerprint density at radius 1 is 1.25 bits per heavy atom. The van der Waals surface area contributed by atoms with E-state index in [2.05, 4.69) is 15.6 Å². The molecule has 0 fully saturated rings. The number of hydrogen-bond acceptors (Lipinski definition) is 3. The average Bonchev–Trinajstić information content (AvgIpc) is 2.53. The number of pyridine rings is 1. The third-order valence-corrected chi connectivity index (χ3v) is 3.50. The molecule has 0 radical (unpaired) electrons. The lowest BCUT2D eigenvalue weighted by atomic mass is 9.97. The third kappa shape index (κ3) is 2.64. The molecule has 0 bridgehead atoms. The first-order valence-corrected chi connectivity index (χ1v) is 6.88. The number of carbonyl (C=O) groups excluding carboxylic acids is 1. The van der Waals surface area contributed by atoms with Crippen LogP contribution < -0.4 is 10.6 Å². The number of hydrogen-bond donors (Lipinski definition) is 2. The molecule has 4 nitrogen and oxygen atoms in total. The second-order valence-corrected chi connectivity index (χ2v) is 4.87. The molecule has 1 aromatic carbocycles. The molecule has 2 aromatic rings. The van der Waals surface area contributed by atoms with Crippen molar-refractivity contribution in [3.05, 3.63) is 59.4 Å². The van der Waals surface area contributed by atoms with Crippen molar-refractivity contribution in [3.63, 3.8) is 0 Å². The van der Waals surface area contributed by atoms with E-state index in [1.807, 2.05) is 36.4 Å². The second kappa shape index (κ2) is 5.74. The first-order chi connectivity index (χ1) is 9.84. The van der Waals surface area contributed by atoms with E-state index in [0.717, 1.165) is 41.9 Å². The van der Waals surface area contributed by atoms with Gasteiger partial charge in [-0.05, 0) is 42.7 Å². The SMILES string of the molecule is O=C(NCc1ccccn1)c1cccc2c1CCCN2. The van der Waals surface area contributed by atoms with Crippen molar-refractivity contribution < 1.29 is 4.79 Å². The molecule has 0 spiro atoms. The van der Waals surface area contributed by atoms with Crippen LogP contribution in [0.2, 0.25) is 0 Å². The zero-order valence-corrected chi connectivity index (χ0v) is 11.2. The average molecular weight is 267 g/mol. The van der Waals surface area contributed by atoms with Gasteiger partial charge in [0.25, 0.3) is 5.91 Å². The zero-order valence-electron chi connectivity index (χ0n) is 11.2. The largest absolute Gasteiger partial charge is 0.385 e. The molecule has 20 heavy (non-hydrogen) atoms. The minimum absolute atomic E-state index is 0.0313. The summed E-state index contributed by atoms with van der Waals surface area (Å²) in [7, 11) is 0. The predicted molar refractivity (Wildman–Crippen MR) is 78.7 cm³/mol. The van der Waals surface area contributed by atoms with Gasteiger partial charge in [0.15, 0.2) is 0 Å². The molecule has 102 valence electrons. The summed E-state index contributed by atoms with van der Waals surface area (Å²) in [6.45, 7) is 1.43. The number of amides is 1. The van der Waals surface area contributed by atoms with E-state index >= 15 is 0 Å². The number of carbonyl (C=O) groups is 1. The van der Waals surface area contributed by atoms with E-state index in [0.29, 0.717) is 6.54 Å². The lowest BCUT2D eigenvalue weighted by molar-refractivity contribution is 0.0949. The number of nitrogens with one attached hydrogen (secondary N) is 2. The van der Waals surface area contributed by atoms with Crippen LogP contribution >= 0.6 is 0 Å². The Morgan fingerprint density at radius 2 is 2.20 bits per heavy atom. The van der Waals surface area contributed by atoms with Gasteiger partial charge >= 0.3 is 0 Å². The van der Waals surface area contributed by atoms with E-state index < -0.39 is 0 Å². The minimum Gasteiger partial charge on any atom is -0.385 e. The van der Waals surface area contributed by atoms with Crippen LogP contribution in [0.15, 0.2) is 42.6 Å². The van der Waals surface area contributed by atoms with E-state index in [-0.39, 0.29) is 5.91 Å². The lowest BCUT2D eigenvalue weighted by Gasteiger charge is -2.20. The van der Waals surface area contributed by atoms with Crippen LogP contribution in [0, 0.1) is 0 Å². The Bertz CT molecular complexity index is 610. The van der Waals surface area contributed by atoms with Crippen LogP contribution in [0.25, 0.3) is 0 Å². The van der Waals surface area contributed by atoms with Crippen LogP contribution in [0.1, 0.15) is 28.0 Å². The van der Waals surface area contributed by atoms with Crippen LogP contribution in [-0.2, 0) is 13.0 Å². The molecule has 2 N–H and O–H groups in total. The van der Waals surface area contributed by atoms with Gasteiger partial charge in [0, 0.05) is 24.0 Å². The second-order valence-electron chi connectivity index (χ2n) is 4.87. The van der Waals surface area contributed by atoms with Crippen molar-refractivity contribution in [1.29, 1.82) is 0 Å². The highest BCUT2D eigenvalue weighted by atomic mass is 16.1. The summed E-state index contributed by atoms with van der Waals surface area (Å²) in [5.74, 6) is -0.0313. The van der Waals surface area contributed by atoms with Crippen LogP contribution in [-0.4, -0.2) is 17.4 Å². The standard InChI is InChI=1S/C16H17N3O/c20-16(19-11-12-5-1-2-9-17-12)14-6-3-8-15-13(14)7-4-10-18-15/h1-3,5-6,8-9,18H,4,7,10-11H2,(H,19,20). The Balaban J connectivity index is 1.74. The Kier molecular flexibility index (Phi) is 3.63. The van der Waals surface area contributed by atoms with Gasteiger partial charge < -0.3 is 10.6 Å². The van der Waals surface area contributed by atoms with Gasteiger partial charge in [-0.2, -0.15) is 0 Å². The zero-order chi connectivity index (χ0) is 13.8. The van der Waals surface area contributed by atoms with Gasteiger partial charge in [0.05, 0.1) is 12.2 Å². The summed E-state index contributed by atoms with van der Waals surface area (Å²) < 4.78 is 0. The van der Waals surface area contributed by atoms with Crippen molar-refractivity contribution in [1.82, 2.24) is 10.3 Å². The molecule has 0 saturated carbocycles. The molecular formula is C16H17N3O. The highest BCUT2D eigenvalue weighted by Crippen LogP contribution is 2.25. The van der Waals surface area contributed by atoms with Gasteiger partial charge in [-0.25, -0.2) is 0 Å². The number of nitrogens with zero attached hydrogens (tertiary/aromatic N) is 1. The van der Waals surface area contributed by atoms with Crippen LogP contribution in [0.4, 0.5) is 5.69 Å². The fourth-order valence-corrected chi connectivity index (χ4v) is 2.49. The third-order valence-electron chi connectivity index (χ3n) is 3.50. The van der Waals surface area contributed by atoms with Gasteiger partial charge in [0.1, 0.15) is 0 Å². The number of anilines is 1. The monoisotopic (exact) mass is 267 g/mol. The quantitative estimate of drug-likeness (QED) is 0.897. The topological polar surface area (TPSA) is 54.0 Å². The Morgan fingerprint density at radius 3 is 3.05 bits per heavy atom. The molecular weight excluding hydrogens is 250 g/mol. The summed E-state index contributed by atoms with van der Waals surface area (Å²) >= 11 is 0. The number of aromatic nitrogens is 1. The van der Waals surface area contributed by atoms with E-state index in [1.165, 1.54) is 0 Å². The van der Waals surface area contributed by atoms with E-state index in [1.54, 1.807) is 6.20 Å².